The van der Waals surface area contributed by atoms with Crippen molar-refractivity contribution in [1.29, 1.82) is 0 Å². The predicted octanol–water partition coefficient (Wildman–Crippen LogP) is 0.985. The van der Waals surface area contributed by atoms with Crippen molar-refractivity contribution >= 4 is 5.78 Å². The average molecular weight is 195 g/mol. The monoisotopic (exact) mass is 195 g/mol. The highest BCUT2D eigenvalue weighted by molar-refractivity contribution is 5.92. The summed E-state index contributed by atoms with van der Waals surface area (Å²) in [7, 11) is 0. The molecule has 0 spiro atoms. The first-order chi connectivity index (χ1) is 6.74. The normalized spacial score (nSPS) is 23.5. The minimum absolute atomic E-state index is 0.236. The lowest BCUT2D eigenvalue weighted by molar-refractivity contribution is -0.114. The lowest BCUT2D eigenvalue weighted by atomic mass is 10.0. The molecule has 1 fully saturated rings. The molecule has 2 rings (SSSR count). The maximum atomic E-state index is 11.0. The molecule has 3 heteroatoms. The summed E-state index contributed by atoms with van der Waals surface area (Å²) < 4.78 is 0. The molecular formula is C11H17NO2. The van der Waals surface area contributed by atoms with Gasteiger partial charge in [-0.3, -0.25) is 4.79 Å². The SMILES string of the molecule is O=C1C=C(NCC2(CCO)CC2)CC1. The number of carbonyl (C=O) groups excluding carboxylic acids is 1. The lowest BCUT2D eigenvalue weighted by Gasteiger charge is -2.15. The number of rotatable bonds is 5. The van der Waals surface area contributed by atoms with Crippen LogP contribution < -0.4 is 5.32 Å². The number of aliphatic hydroxyl groups is 1. The predicted molar refractivity (Wildman–Crippen MR) is 53.7 cm³/mol. The van der Waals surface area contributed by atoms with E-state index in [4.69, 9.17) is 5.11 Å². The van der Waals surface area contributed by atoms with E-state index in [1.807, 2.05) is 0 Å². The molecule has 2 aliphatic carbocycles. The molecule has 0 bridgehead atoms. The van der Waals surface area contributed by atoms with E-state index in [2.05, 4.69) is 5.32 Å². The fourth-order valence-corrected chi connectivity index (χ4v) is 1.97. The fourth-order valence-electron chi connectivity index (χ4n) is 1.97. The molecular weight excluding hydrogens is 178 g/mol. The van der Waals surface area contributed by atoms with Gasteiger partial charge in [-0.25, -0.2) is 0 Å². The highest BCUT2D eigenvalue weighted by Gasteiger charge is 2.41. The van der Waals surface area contributed by atoms with Crippen LogP contribution in [0.15, 0.2) is 11.8 Å². The Morgan fingerprint density at radius 3 is 2.71 bits per heavy atom. The van der Waals surface area contributed by atoms with E-state index >= 15 is 0 Å². The summed E-state index contributed by atoms with van der Waals surface area (Å²) in [5, 5.41) is 12.2. The number of carbonyl (C=O) groups is 1. The van der Waals surface area contributed by atoms with Crippen molar-refractivity contribution in [3.8, 4) is 0 Å². The van der Waals surface area contributed by atoms with Crippen LogP contribution in [0.25, 0.3) is 0 Å². The minimum atomic E-state index is 0.236. The van der Waals surface area contributed by atoms with Crippen LogP contribution in [-0.2, 0) is 4.79 Å². The van der Waals surface area contributed by atoms with Gasteiger partial charge in [0.1, 0.15) is 0 Å². The van der Waals surface area contributed by atoms with Crippen molar-refractivity contribution in [3.63, 3.8) is 0 Å². The third kappa shape index (κ3) is 2.15. The molecule has 0 amide bonds. The molecule has 0 atom stereocenters. The van der Waals surface area contributed by atoms with Crippen molar-refractivity contribution < 1.29 is 9.90 Å². The second kappa shape index (κ2) is 3.73. The van der Waals surface area contributed by atoms with E-state index in [1.54, 1.807) is 6.08 Å². The Morgan fingerprint density at radius 1 is 1.43 bits per heavy atom. The van der Waals surface area contributed by atoms with Gasteiger partial charge in [0, 0.05) is 31.3 Å². The van der Waals surface area contributed by atoms with E-state index in [1.165, 1.54) is 12.8 Å². The van der Waals surface area contributed by atoms with Gasteiger partial charge in [-0.05, 0) is 31.1 Å². The van der Waals surface area contributed by atoms with Crippen molar-refractivity contribution in [2.75, 3.05) is 13.2 Å². The Kier molecular flexibility index (Phi) is 2.59. The standard InChI is InChI=1S/C11H17NO2/c13-6-5-11(3-4-11)8-12-9-1-2-10(14)7-9/h7,12-13H,1-6,8H2. The van der Waals surface area contributed by atoms with Crippen LogP contribution in [0.4, 0.5) is 0 Å². The molecule has 78 valence electrons. The van der Waals surface area contributed by atoms with Gasteiger partial charge in [0.05, 0.1) is 0 Å². The maximum Gasteiger partial charge on any atom is 0.157 e. The average Bonchev–Trinajstić information content (AvgIpc) is 2.80. The van der Waals surface area contributed by atoms with Crippen molar-refractivity contribution in [3.05, 3.63) is 11.8 Å². The van der Waals surface area contributed by atoms with Gasteiger partial charge in [0.25, 0.3) is 0 Å². The van der Waals surface area contributed by atoms with E-state index in [0.29, 0.717) is 11.8 Å². The molecule has 0 aliphatic heterocycles. The molecule has 14 heavy (non-hydrogen) atoms. The topological polar surface area (TPSA) is 49.3 Å². The van der Waals surface area contributed by atoms with Crippen LogP contribution in [0.2, 0.25) is 0 Å². The highest BCUT2D eigenvalue weighted by atomic mass is 16.3. The van der Waals surface area contributed by atoms with Gasteiger partial charge in [0.2, 0.25) is 0 Å². The molecule has 2 N–H and O–H groups in total. The van der Waals surface area contributed by atoms with Gasteiger partial charge < -0.3 is 10.4 Å². The van der Waals surface area contributed by atoms with Gasteiger partial charge >= 0.3 is 0 Å². The number of allylic oxidation sites excluding steroid dienone is 2. The zero-order valence-corrected chi connectivity index (χ0v) is 8.38. The summed E-state index contributed by atoms with van der Waals surface area (Å²) in [6.07, 6.45) is 6.56. The first-order valence-corrected chi connectivity index (χ1v) is 5.32. The molecule has 0 heterocycles. The second-order valence-corrected chi connectivity index (χ2v) is 4.46. The van der Waals surface area contributed by atoms with Crippen LogP contribution in [0, 0.1) is 5.41 Å². The molecule has 0 saturated heterocycles. The highest BCUT2D eigenvalue weighted by Crippen LogP contribution is 2.48. The molecule has 2 aliphatic rings. The van der Waals surface area contributed by atoms with Crippen molar-refractivity contribution in [2.45, 2.75) is 32.1 Å². The summed E-state index contributed by atoms with van der Waals surface area (Å²) in [5.74, 6) is 0.236. The van der Waals surface area contributed by atoms with E-state index in [9.17, 15) is 4.79 Å². The van der Waals surface area contributed by atoms with E-state index in [0.717, 1.165) is 25.1 Å². The number of aliphatic hydroxyl groups excluding tert-OH is 1. The number of hydrogen-bond acceptors (Lipinski definition) is 3. The number of hydrogen-bond donors (Lipinski definition) is 2. The Hall–Kier alpha value is -0.830. The Labute approximate surface area is 84.2 Å². The lowest BCUT2D eigenvalue weighted by Crippen LogP contribution is -2.23. The van der Waals surface area contributed by atoms with E-state index < -0.39 is 0 Å². The Morgan fingerprint density at radius 2 is 2.21 bits per heavy atom. The van der Waals surface area contributed by atoms with Crippen LogP contribution in [-0.4, -0.2) is 24.0 Å². The van der Waals surface area contributed by atoms with Crippen molar-refractivity contribution in [1.82, 2.24) is 5.32 Å². The number of nitrogens with one attached hydrogen (secondary N) is 1. The van der Waals surface area contributed by atoms with Gasteiger partial charge in [-0.2, -0.15) is 0 Å². The molecule has 0 aromatic rings. The molecule has 0 unspecified atom stereocenters. The molecule has 1 saturated carbocycles. The van der Waals surface area contributed by atoms with Gasteiger partial charge in [-0.15, -0.1) is 0 Å². The molecule has 0 aromatic heterocycles. The zero-order valence-electron chi connectivity index (χ0n) is 8.38. The third-order valence-corrected chi connectivity index (χ3v) is 3.27. The smallest absolute Gasteiger partial charge is 0.157 e. The number of ketones is 1. The summed E-state index contributed by atoms with van der Waals surface area (Å²) in [5.41, 5.74) is 1.42. The van der Waals surface area contributed by atoms with Gasteiger partial charge in [-0.1, -0.05) is 0 Å². The third-order valence-electron chi connectivity index (χ3n) is 3.27. The molecule has 3 nitrogen and oxygen atoms in total. The maximum absolute atomic E-state index is 11.0. The first-order valence-electron chi connectivity index (χ1n) is 5.32. The van der Waals surface area contributed by atoms with Crippen LogP contribution in [0.5, 0.6) is 0 Å². The quantitative estimate of drug-likeness (QED) is 0.687. The second-order valence-electron chi connectivity index (χ2n) is 4.46. The summed E-state index contributed by atoms with van der Waals surface area (Å²) >= 11 is 0. The van der Waals surface area contributed by atoms with Gasteiger partial charge in [0.15, 0.2) is 5.78 Å². The van der Waals surface area contributed by atoms with Crippen LogP contribution in [0.1, 0.15) is 32.1 Å². The van der Waals surface area contributed by atoms with Crippen LogP contribution >= 0.6 is 0 Å². The minimum Gasteiger partial charge on any atom is -0.396 e. The fraction of sp³-hybridized carbons (Fsp3) is 0.727. The Bertz CT molecular complexity index is 266. The summed E-state index contributed by atoms with van der Waals surface area (Å²) in [4.78, 5) is 11.0. The Balaban J connectivity index is 1.77. The zero-order chi connectivity index (χ0) is 10.0. The molecule has 0 aromatic carbocycles. The van der Waals surface area contributed by atoms with Crippen LogP contribution in [0.3, 0.4) is 0 Å². The first kappa shape index (κ1) is 9.71. The van der Waals surface area contributed by atoms with E-state index in [-0.39, 0.29) is 12.4 Å². The van der Waals surface area contributed by atoms with Crippen molar-refractivity contribution in [2.24, 2.45) is 5.41 Å². The molecule has 0 radical (unpaired) electrons. The summed E-state index contributed by atoms with van der Waals surface area (Å²) in [6.45, 7) is 1.20. The summed E-state index contributed by atoms with van der Waals surface area (Å²) in [6, 6.07) is 0. The largest absolute Gasteiger partial charge is 0.396 e.